The first-order chi connectivity index (χ1) is 19.1. The van der Waals surface area contributed by atoms with Crippen molar-refractivity contribution in [2.24, 2.45) is 0 Å². The molecule has 0 unspecified atom stereocenters. The molecule has 0 N–H and O–H groups in total. The number of benzene rings is 4. The van der Waals surface area contributed by atoms with Crippen LogP contribution >= 0.6 is 0 Å². The number of halogens is 2. The SMILES string of the molecule is [B]c1nc(-c2cccc3c2oc2c(-c4ccc5c(c4)oc4ccccc45)c(F)ccc23)c([B])c(F)c1C(C)(C)C. The third-order valence-electron chi connectivity index (χ3n) is 7.49. The Balaban J connectivity index is 1.48. The van der Waals surface area contributed by atoms with Crippen molar-refractivity contribution >= 4 is 70.6 Å². The molecule has 0 fully saturated rings. The summed E-state index contributed by atoms with van der Waals surface area (Å²) < 4.78 is 43.4. The van der Waals surface area contributed by atoms with Crippen LogP contribution in [0.5, 0.6) is 0 Å². The van der Waals surface area contributed by atoms with Gasteiger partial charge in [0, 0.05) is 32.7 Å². The molecule has 7 heteroatoms. The van der Waals surface area contributed by atoms with E-state index in [2.05, 4.69) is 4.98 Å². The average Bonchev–Trinajstić information content (AvgIpc) is 3.47. The predicted molar refractivity (Wildman–Crippen MR) is 159 cm³/mol. The van der Waals surface area contributed by atoms with Crippen molar-refractivity contribution in [3.8, 4) is 22.4 Å². The highest BCUT2D eigenvalue weighted by Crippen LogP contribution is 2.42. The van der Waals surface area contributed by atoms with E-state index < -0.39 is 17.0 Å². The minimum absolute atomic E-state index is 0.0631. The topological polar surface area (TPSA) is 39.2 Å². The van der Waals surface area contributed by atoms with Gasteiger partial charge in [0.15, 0.2) is 0 Å². The van der Waals surface area contributed by atoms with Gasteiger partial charge in [0.1, 0.15) is 49.7 Å². The highest BCUT2D eigenvalue weighted by atomic mass is 19.1. The van der Waals surface area contributed by atoms with Gasteiger partial charge >= 0.3 is 0 Å². The van der Waals surface area contributed by atoms with Gasteiger partial charge in [-0.3, -0.25) is 4.98 Å². The summed E-state index contributed by atoms with van der Waals surface area (Å²) in [5, 5.41) is 3.36. The second-order valence-electron chi connectivity index (χ2n) is 11.1. The van der Waals surface area contributed by atoms with E-state index in [1.54, 1.807) is 12.1 Å². The highest BCUT2D eigenvalue weighted by Gasteiger charge is 2.26. The number of rotatable bonds is 2. The minimum atomic E-state index is -0.603. The molecule has 0 amide bonds. The summed E-state index contributed by atoms with van der Waals surface area (Å²) in [5.41, 5.74) is 3.35. The van der Waals surface area contributed by atoms with Crippen LogP contribution in [0, 0.1) is 11.6 Å². The lowest BCUT2D eigenvalue weighted by atomic mass is 9.76. The van der Waals surface area contributed by atoms with Crippen molar-refractivity contribution in [2.75, 3.05) is 0 Å². The summed E-state index contributed by atoms with van der Waals surface area (Å²) in [6.45, 7) is 5.55. The van der Waals surface area contributed by atoms with Crippen LogP contribution in [-0.2, 0) is 5.41 Å². The van der Waals surface area contributed by atoms with Crippen molar-refractivity contribution in [3.05, 3.63) is 90.0 Å². The highest BCUT2D eigenvalue weighted by molar-refractivity contribution is 6.38. The van der Waals surface area contributed by atoms with Crippen molar-refractivity contribution in [3.63, 3.8) is 0 Å². The standard InChI is InChI=1S/C33H21B2F2NO2/c1-33(2,3)26-28(37)27(34)29(38-32(26)35)21-9-6-8-19-20-13-14-22(36)25(31(20)40-30(19)21)16-11-12-18-17-7-4-5-10-23(17)39-24(18)15-16/h4-15H,1-3H3. The summed E-state index contributed by atoms with van der Waals surface area (Å²) >= 11 is 0. The van der Waals surface area contributed by atoms with Crippen LogP contribution in [0.4, 0.5) is 8.78 Å². The van der Waals surface area contributed by atoms with Gasteiger partial charge in [0.25, 0.3) is 0 Å². The van der Waals surface area contributed by atoms with E-state index in [0.29, 0.717) is 38.8 Å². The average molecular weight is 523 g/mol. The maximum atomic E-state index is 15.5. The van der Waals surface area contributed by atoms with E-state index in [4.69, 9.17) is 24.5 Å². The summed E-state index contributed by atoms with van der Waals surface area (Å²) in [7, 11) is 12.5. The van der Waals surface area contributed by atoms with Gasteiger partial charge in [0.2, 0.25) is 0 Å². The van der Waals surface area contributed by atoms with Gasteiger partial charge in [-0.05, 0) is 58.4 Å². The number of aromatic nitrogens is 1. The van der Waals surface area contributed by atoms with Crippen LogP contribution in [0.2, 0.25) is 0 Å². The monoisotopic (exact) mass is 523 g/mol. The lowest BCUT2D eigenvalue weighted by Crippen LogP contribution is -2.34. The van der Waals surface area contributed by atoms with Gasteiger partial charge < -0.3 is 8.83 Å². The molecule has 0 aliphatic carbocycles. The fourth-order valence-corrected chi connectivity index (χ4v) is 5.68. The van der Waals surface area contributed by atoms with Gasteiger partial charge in [0.05, 0.1) is 11.3 Å². The number of furan rings is 2. The molecule has 3 aromatic heterocycles. The number of para-hydroxylation sites is 2. The van der Waals surface area contributed by atoms with Crippen LogP contribution in [0.1, 0.15) is 26.3 Å². The van der Waals surface area contributed by atoms with E-state index >= 15 is 8.78 Å². The van der Waals surface area contributed by atoms with Gasteiger partial charge in [-0.2, -0.15) is 0 Å². The number of fused-ring (bicyclic) bond motifs is 6. The largest absolute Gasteiger partial charge is 0.456 e. The first kappa shape index (κ1) is 24.6. The second kappa shape index (κ2) is 8.56. The van der Waals surface area contributed by atoms with Crippen LogP contribution in [0.3, 0.4) is 0 Å². The number of pyridine rings is 1. The molecule has 3 nitrogen and oxygen atoms in total. The summed E-state index contributed by atoms with van der Waals surface area (Å²) in [6.07, 6.45) is 0. The lowest BCUT2D eigenvalue weighted by Gasteiger charge is -2.24. The molecule has 0 spiro atoms. The van der Waals surface area contributed by atoms with Crippen LogP contribution < -0.4 is 11.1 Å². The van der Waals surface area contributed by atoms with E-state index in [0.717, 1.165) is 21.7 Å². The maximum absolute atomic E-state index is 15.5. The third kappa shape index (κ3) is 3.53. The van der Waals surface area contributed by atoms with E-state index in [1.165, 1.54) is 6.07 Å². The molecule has 0 atom stereocenters. The molecule has 7 rings (SSSR count). The Labute approximate surface area is 231 Å². The summed E-state index contributed by atoms with van der Waals surface area (Å²) in [6, 6.07) is 21.9. The molecule has 0 aliphatic rings. The molecule has 0 saturated heterocycles. The zero-order valence-electron chi connectivity index (χ0n) is 22.1. The Morgan fingerprint density at radius 2 is 1.43 bits per heavy atom. The molecule has 3 heterocycles. The van der Waals surface area contributed by atoms with E-state index in [-0.39, 0.29) is 22.3 Å². The minimum Gasteiger partial charge on any atom is -0.456 e. The quantitative estimate of drug-likeness (QED) is 0.222. The Bertz CT molecular complexity index is 2150. The molecule has 0 aliphatic heterocycles. The summed E-state index contributed by atoms with van der Waals surface area (Å²) in [4.78, 5) is 4.51. The Hall–Kier alpha value is -4.38. The van der Waals surface area contributed by atoms with Gasteiger partial charge in [-0.15, -0.1) is 0 Å². The van der Waals surface area contributed by atoms with Crippen LogP contribution in [0.25, 0.3) is 66.3 Å². The number of hydrogen-bond donors (Lipinski definition) is 0. The Morgan fingerprint density at radius 1 is 0.725 bits per heavy atom. The predicted octanol–water partition coefficient (Wildman–Crippen LogP) is 7.38. The zero-order valence-corrected chi connectivity index (χ0v) is 22.1. The zero-order chi connectivity index (χ0) is 27.9. The molecular weight excluding hydrogens is 502 g/mol. The first-order valence-corrected chi connectivity index (χ1v) is 12.9. The summed E-state index contributed by atoms with van der Waals surface area (Å²) in [5.74, 6) is -1.04. The fraction of sp³-hybridized carbons (Fsp3) is 0.121. The lowest BCUT2D eigenvalue weighted by molar-refractivity contribution is 0.529. The maximum Gasteiger partial charge on any atom is 0.146 e. The molecule has 4 radical (unpaired) electrons. The van der Waals surface area contributed by atoms with Crippen LogP contribution in [0.15, 0.2) is 81.6 Å². The van der Waals surface area contributed by atoms with E-state index in [9.17, 15) is 0 Å². The van der Waals surface area contributed by atoms with Gasteiger partial charge in [-0.1, -0.05) is 57.2 Å². The smallest absolute Gasteiger partial charge is 0.146 e. The van der Waals surface area contributed by atoms with Crippen molar-refractivity contribution in [1.82, 2.24) is 4.98 Å². The third-order valence-corrected chi connectivity index (χ3v) is 7.49. The Morgan fingerprint density at radius 3 is 2.23 bits per heavy atom. The number of nitrogens with zero attached hydrogens (tertiary/aromatic N) is 1. The van der Waals surface area contributed by atoms with Gasteiger partial charge in [-0.25, -0.2) is 8.78 Å². The Kier molecular flexibility index (Phi) is 5.27. The molecule has 40 heavy (non-hydrogen) atoms. The normalized spacial score (nSPS) is 12.3. The van der Waals surface area contributed by atoms with E-state index in [1.807, 2.05) is 75.4 Å². The van der Waals surface area contributed by atoms with Crippen LogP contribution in [-0.4, -0.2) is 20.7 Å². The molecular formula is C33H21B2F2NO2. The fourth-order valence-electron chi connectivity index (χ4n) is 5.68. The molecule has 190 valence electrons. The molecule has 4 aromatic carbocycles. The van der Waals surface area contributed by atoms with Crippen molar-refractivity contribution in [2.45, 2.75) is 26.2 Å². The number of hydrogen-bond acceptors (Lipinski definition) is 3. The molecule has 7 aromatic rings. The first-order valence-electron chi connectivity index (χ1n) is 12.9. The van der Waals surface area contributed by atoms with Crippen molar-refractivity contribution in [1.29, 1.82) is 0 Å². The van der Waals surface area contributed by atoms with Crippen molar-refractivity contribution < 1.29 is 17.6 Å². The molecule has 0 saturated carbocycles. The molecule has 0 bridgehead atoms. The second-order valence-corrected chi connectivity index (χ2v) is 11.1.